The topological polar surface area (TPSA) is 89.9 Å². The molecule has 3 aliphatic heterocycles. The maximum absolute atomic E-state index is 4.59. The molecular weight excluding hydrogens is 302 g/mol. The normalized spacial score (nSPS) is 20.5. The highest BCUT2D eigenvalue weighted by Gasteiger charge is 2.13. The van der Waals surface area contributed by atoms with Crippen LogP contribution in [0.2, 0.25) is 0 Å². The van der Waals surface area contributed by atoms with Crippen molar-refractivity contribution in [3.8, 4) is 0 Å². The minimum atomic E-state index is 0.575. The Morgan fingerprint density at radius 3 is 1.71 bits per heavy atom. The Morgan fingerprint density at radius 2 is 1.04 bits per heavy atom. The van der Waals surface area contributed by atoms with Gasteiger partial charge in [-0.05, 0) is 48.6 Å². The fourth-order valence-electron chi connectivity index (χ4n) is 2.63. The van der Waals surface area contributed by atoms with Crippen LogP contribution in [0.5, 0.6) is 0 Å². The first-order chi connectivity index (χ1) is 11.8. The van der Waals surface area contributed by atoms with Gasteiger partial charge in [0.05, 0.1) is 0 Å². The molecule has 0 atom stereocenters. The van der Waals surface area contributed by atoms with Crippen molar-refractivity contribution < 1.29 is 0 Å². The molecule has 7 heteroatoms. The van der Waals surface area contributed by atoms with Gasteiger partial charge >= 0.3 is 0 Å². The van der Waals surface area contributed by atoms with Crippen molar-refractivity contribution in [2.45, 2.75) is 6.42 Å². The summed E-state index contributed by atoms with van der Waals surface area (Å²) in [6.45, 7) is 0. The summed E-state index contributed by atoms with van der Waals surface area (Å²) in [5, 5.41) is 0. The molecule has 4 aliphatic rings. The molecule has 1 aliphatic carbocycles. The Labute approximate surface area is 137 Å². The van der Waals surface area contributed by atoms with Crippen LogP contribution in [0.1, 0.15) is 6.42 Å². The molecule has 0 unspecified atom stereocenters. The lowest BCUT2D eigenvalue weighted by atomic mass is 10.3. The van der Waals surface area contributed by atoms with Gasteiger partial charge in [0.25, 0.3) is 0 Å². The van der Waals surface area contributed by atoms with Crippen LogP contribution in [-0.2, 0) is 0 Å². The van der Waals surface area contributed by atoms with Crippen LogP contribution >= 0.6 is 0 Å². The van der Waals surface area contributed by atoms with Gasteiger partial charge in [0.15, 0.2) is 23.3 Å². The first-order valence-corrected chi connectivity index (χ1v) is 7.53. The van der Waals surface area contributed by atoms with E-state index in [1.807, 2.05) is 48.6 Å². The Hall–Kier alpha value is -3.48. The van der Waals surface area contributed by atoms with E-state index in [4.69, 9.17) is 0 Å². The van der Waals surface area contributed by atoms with E-state index in [-0.39, 0.29) is 0 Å². The second-order valence-electron chi connectivity index (χ2n) is 5.49. The Bertz CT molecular complexity index is 1020. The maximum atomic E-state index is 4.59. The summed E-state index contributed by atoms with van der Waals surface area (Å²) in [5.74, 6) is 3.85. The van der Waals surface area contributed by atoms with Crippen LogP contribution in [0.25, 0.3) is 0 Å². The number of H-pyrrole nitrogens is 1. The summed E-state index contributed by atoms with van der Waals surface area (Å²) in [6.07, 6.45) is 11.9. The Morgan fingerprint density at radius 1 is 0.542 bits per heavy atom. The first-order valence-electron chi connectivity index (χ1n) is 7.53. The van der Waals surface area contributed by atoms with Crippen LogP contribution in [0.15, 0.2) is 78.5 Å². The standard InChI is InChI=1S/C17H11N7/c1-2-11-9-10(1)18-12-3-5-14(20-12)22-16-7-8-17(24-16)23-15-6-4-13(19-11)21-15/h1-8H,9H2,(H,18,19,20,21,22,23,24). The Kier molecular flexibility index (Phi) is 2.72. The zero-order chi connectivity index (χ0) is 15.9. The van der Waals surface area contributed by atoms with Crippen molar-refractivity contribution >= 4 is 46.4 Å². The SMILES string of the molecule is C1=CC2=Nc3ccc([nH]3)N=C3C=CC(=N3)N=C3C=CC(=N3)N=C1C2. The van der Waals surface area contributed by atoms with Gasteiger partial charge in [-0.25, -0.2) is 30.0 Å². The minimum absolute atomic E-state index is 0.575. The van der Waals surface area contributed by atoms with Crippen molar-refractivity contribution in [2.75, 3.05) is 0 Å². The lowest BCUT2D eigenvalue weighted by Gasteiger charge is -1.95. The fraction of sp³-hybridized carbons (Fsp3) is 0.0588. The summed E-state index contributed by atoms with van der Waals surface area (Å²) < 4.78 is 0. The quantitative estimate of drug-likeness (QED) is 0.763. The summed E-state index contributed by atoms with van der Waals surface area (Å²) in [7, 11) is 0. The number of rotatable bonds is 0. The van der Waals surface area contributed by atoms with Gasteiger partial charge in [-0.1, -0.05) is 0 Å². The largest absolute Gasteiger partial charge is 0.325 e. The van der Waals surface area contributed by atoms with E-state index in [2.05, 4.69) is 34.9 Å². The van der Waals surface area contributed by atoms with Gasteiger partial charge in [0.2, 0.25) is 0 Å². The molecule has 0 spiro atoms. The van der Waals surface area contributed by atoms with E-state index in [0.717, 1.165) is 17.2 Å². The van der Waals surface area contributed by atoms with Gasteiger partial charge in [-0.3, -0.25) is 0 Å². The number of fused-ring (bicyclic) bond motifs is 6. The van der Waals surface area contributed by atoms with Crippen molar-refractivity contribution in [1.82, 2.24) is 4.98 Å². The molecule has 0 fully saturated rings. The monoisotopic (exact) mass is 313 g/mol. The second kappa shape index (κ2) is 5.02. The van der Waals surface area contributed by atoms with Crippen molar-refractivity contribution in [3.05, 3.63) is 48.6 Å². The predicted molar refractivity (Wildman–Crippen MR) is 96.8 cm³/mol. The first kappa shape index (κ1) is 13.0. The smallest absolute Gasteiger partial charge is 0.156 e. The van der Waals surface area contributed by atoms with Crippen LogP contribution < -0.4 is 0 Å². The highest BCUT2D eigenvalue weighted by Crippen LogP contribution is 2.21. The molecule has 0 radical (unpaired) electrons. The summed E-state index contributed by atoms with van der Waals surface area (Å²) in [6, 6.07) is 3.77. The zero-order valence-corrected chi connectivity index (χ0v) is 12.5. The van der Waals surface area contributed by atoms with E-state index in [9.17, 15) is 0 Å². The summed E-state index contributed by atoms with van der Waals surface area (Å²) >= 11 is 0. The predicted octanol–water partition coefficient (Wildman–Crippen LogP) is 2.87. The highest BCUT2D eigenvalue weighted by atomic mass is 15.1. The van der Waals surface area contributed by atoms with Crippen LogP contribution in [-0.4, -0.2) is 39.7 Å². The molecule has 7 nitrogen and oxygen atoms in total. The molecule has 1 aromatic heterocycles. The second-order valence-corrected chi connectivity index (χ2v) is 5.49. The van der Waals surface area contributed by atoms with Gasteiger partial charge in [-0.2, -0.15) is 0 Å². The minimum Gasteiger partial charge on any atom is -0.325 e. The summed E-state index contributed by atoms with van der Waals surface area (Å²) in [4.78, 5) is 29.9. The molecular formula is C17H11N7. The average molecular weight is 313 g/mol. The number of hydrogen-bond donors (Lipinski definition) is 1. The molecule has 0 aromatic carbocycles. The molecule has 8 bridgehead atoms. The fourth-order valence-corrected chi connectivity index (χ4v) is 2.63. The molecule has 1 aromatic rings. The van der Waals surface area contributed by atoms with Gasteiger partial charge < -0.3 is 4.98 Å². The number of aromatic nitrogens is 1. The number of hydrogen-bond acceptors (Lipinski definition) is 6. The molecule has 114 valence electrons. The van der Waals surface area contributed by atoms with Crippen molar-refractivity contribution in [2.24, 2.45) is 30.0 Å². The third-order valence-electron chi connectivity index (χ3n) is 3.69. The van der Waals surface area contributed by atoms with E-state index < -0.39 is 0 Å². The van der Waals surface area contributed by atoms with Gasteiger partial charge in [0.1, 0.15) is 11.6 Å². The van der Waals surface area contributed by atoms with Crippen LogP contribution in [0.4, 0.5) is 11.6 Å². The number of nitrogens with one attached hydrogen (secondary N) is 1. The lowest BCUT2D eigenvalue weighted by molar-refractivity contribution is 1.29. The number of allylic oxidation sites excluding steroid dienone is 2. The third kappa shape index (κ3) is 2.41. The average Bonchev–Trinajstić information content (AvgIpc) is 3.32. The van der Waals surface area contributed by atoms with Gasteiger partial charge in [-0.15, -0.1) is 0 Å². The molecule has 1 N–H and O–H groups in total. The maximum Gasteiger partial charge on any atom is 0.156 e. The van der Waals surface area contributed by atoms with E-state index in [1.54, 1.807) is 0 Å². The molecule has 0 saturated carbocycles. The number of aliphatic imine (C=N–C) groups is 6. The van der Waals surface area contributed by atoms with Crippen LogP contribution in [0, 0.1) is 0 Å². The molecule has 0 saturated heterocycles. The third-order valence-corrected chi connectivity index (χ3v) is 3.69. The molecule has 4 heterocycles. The highest BCUT2D eigenvalue weighted by molar-refractivity contribution is 6.27. The zero-order valence-electron chi connectivity index (χ0n) is 12.5. The Balaban J connectivity index is 1.64. The molecule has 24 heavy (non-hydrogen) atoms. The molecule has 0 amide bonds. The van der Waals surface area contributed by atoms with Crippen molar-refractivity contribution in [1.29, 1.82) is 0 Å². The van der Waals surface area contributed by atoms with Crippen molar-refractivity contribution in [3.63, 3.8) is 0 Å². The van der Waals surface area contributed by atoms with Crippen LogP contribution in [0.3, 0.4) is 0 Å². The van der Waals surface area contributed by atoms with E-state index >= 15 is 0 Å². The molecule has 5 rings (SSSR count). The number of amidine groups is 4. The number of nitrogens with zero attached hydrogens (tertiary/aromatic N) is 6. The van der Waals surface area contributed by atoms with E-state index in [0.29, 0.717) is 35.6 Å². The summed E-state index contributed by atoms with van der Waals surface area (Å²) in [5.41, 5.74) is 1.87. The lowest BCUT2D eigenvalue weighted by Crippen LogP contribution is -1.99. The van der Waals surface area contributed by atoms with Gasteiger partial charge in [0, 0.05) is 17.8 Å². The number of aromatic amines is 1. The van der Waals surface area contributed by atoms with E-state index in [1.165, 1.54) is 0 Å².